The molecule has 0 radical (unpaired) electrons. The van der Waals surface area contributed by atoms with Crippen molar-refractivity contribution in [2.24, 2.45) is 10.8 Å². The zero-order chi connectivity index (χ0) is 23.8. The molecule has 0 aromatic heterocycles. The fourth-order valence-corrected chi connectivity index (χ4v) is 3.50. The Morgan fingerprint density at radius 1 is 0.833 bits per heavy atom. The van der Waals surface area contributed by atoms with Gasteiger partial charge in [0.15, 0.2) is 0 Å². The van der Waals surface area contributed by atoms with Gasteiger partial charge in [-0.3, -0.25) is 14.4 Å². The summed E-state index contributed by atoms with van der Waals surface area (Å²) in [4.78, 5) is 35.7. The van der Waals surface area contributed by atoms with Crippen molar-refractivity contribution in [1.82, 2.24) is 10.6 Å². The summed E-state index contributed by atoms with van der Waals surface area (Å²) >= 11 is 0. The Bertz CT molecular complexity index is 587. The Hall–Kier alpha value is -1.43. The van der Waals surface area contributed by atoms with Crippen molar-refractivity contribution < 1.29 is 19.1 Å². The summed E-state index contributed by atoms with van der Waals surface area (Å²) in [5.74, 6) is 0.0177. The van der Waals surface area contributed by atoms with Gasteiger partial charge in [0, 0.05) is 36.9 Å². The Balaban J connectivity index is 4.46. The van der Waals surface area contributed by atoms with Crippen molar-refractivity contribution in [1.29, 1.82) is 0 Å². The van der Waals surface area contributed by atoms with Gasteiger partial charge in [-0.25, -0.2) is 0 Å². The number of ether oxygens (including phenoxy) is 1. The van der Waals surface area contributed by atoms with Crippen LogP contribution in [0.15, 0.2) is 0 Å². The van der Waals surface area contributed by atoms with E-state index in [9.17, 15) is 14.4 Å². The Labute approximate surface area is 184 Å². The van der Waals surface area contributed by atoms with E-state index in [4.69, 9.17) is 4.74 Å². The Kier molecular flexibility index (Phi) is 10.7. The van der Waals surface area contributed by atoms with Crippen LogP contribution in [0.4, 0.5) is 0 Å². The molecule has 0 aromatic rings. The highest BCUT2D eigenvalue weighted by Crippen LogP contribution is 2.29. The lowest BCUT2D eigenvalue weighted by Crippen LogP contribution is -2.50. The molecule has 6 heteroatoms. The van der Waals surface area contributed by atoms with Crippen molar-refractivity contribution in [3.8, 4) is 0 Å². The van der Waals surface area contributed by atoms with Gasteiger partial charge in [0.25, 0.3) is 0 Å². The lowest BCUT2D eigenvalue weighted by molar-refractivity contribution is -0.133. The third kappa shape index (κ3) is 13.7. The van der Waals surface area contributed by atoms with E-state index >= 15 is 0 Å². The number of hydrogen-bond donors (Lipinski definition) is 2. The number of rotatable bonds is 13. The lowest BCUT2D eigenvalue weighted by atomic mass is 9.80. The molecule has 6 nitrogen and oxygen atoms in total. The van der Waals surface area contributed by atoms with E-state index in [0.717, 1.165) is 6.42 Å². The van der Waals surface area contributed by atoms with Gasteiger partial charge in [-0.2, -0.15) is 0 Å². The first-order chi connectivity index (χ1) is 13.4. The highest BCUT2D eigenvalue weighted by Gasteiger charge is 2.34. The highest BCUT2D eigenvalue weighted by atomic mass is 16.5. The van der Waals surface area contributed by atoms with E-state index in [1.165, 1.54) is 6.92 Å². The van der Waals surface area contributed by atoms with Crippen molar-refractivity contribution in [3.63, 3.8) is 0 Å². The maximum atomic E-state index is 12.8. The molecule has 0 aromatic carbocycles. The summed E-state index contributed by atoms with van der Waals surface area (Å²) in [5.41, 5.74) is -1.15. The summed E-state index contributed by atoms with van der Waals surface area (Å²) in [6, 6.07) is 0. The molecule has 2 amide bonds. The van der Waals surface area contributed by atoms with Gasteiger partial charge in [-0.1, -0.05) is 34.6 Å². The first kappa shape index (κ1) is 28.6. The molecular weight excluding hydrogens is 380 g/mol. The first-order valence-electron chi connectivity index (χ1n) is 11.1. The molecule has 0 atom stereocenters. The largest absolute Gasteiger partial charge is 0.376 e. The molecule has 0 heterocycles. The summed E-state index contributed by atoms with van der Waals surface area (Å²) < 4.78 is 6.01. The number of nitrogens with one attached hydrogen (secondary N) is 2. The quantitative estimate of drug-likeness (QED) is 0.457. The molecule has 0 fully saturated rings. The molecule has 0 aliphatic rings. The van der Waals surface area contributed by atoms with Crippen LogP contribution in [0.25, 0.3) is 0 Å². The fraction of sp³-hybridized carbons (Fsp3) is 0.875. The van der Waals surface area contributed by atoms with Crippen LogP contribution >= 0.6 is 0 Å². The zero-order valence-corrected chi connectivity index (χ0v) is 21.1. The zero-order valence-electron chi connectivity index (χ0n) is 21.1. The highest BCUT2D eigenvalue weighted by molar-refractivity contribution is 5.82. The molecule has 0 unspecified atom stereocenters. The van der Waals surface area contributed by atoms with Crippen LogP contribution in [-0.4, -0.2) is 41.9 Å². The van der Waals surface area contributed by atoms with Crippen molar-refractivity contribution in [3.05, 3.63) is 0 Å². The molecule has 0 saturated heterocycles. The van der Waals surface area contributed by atoms with Crippen LogP contribution in [0.2, 0.25) is 0 Å². The van der Waals surface area contributed by atoms with Crippen LogP contribution in [0.5, 0.6) is 0 Å². The number of amides is 2. The number of ketones is 1. The minimum atomic E-state index is -0.546. The van der Waals surface area contributed by atoms with Crippen LogP contribution in [0.3, 0.4) is 0 Å². The van der Waals surface area contributed by atoms with Gasteiger partial charge in [-0.15, -0.1) is 0 Å². The minimum Gasteiger partial charge on any atom is -0.376 e. The van der Waals surface area contributed by atoms with Gasteiger partial charge < -0.3 is 15.4 Å². The van der Waals surface area contributed by atoms with E-state index in [2.05, 4.69) is 45.3 Å². The maximum absolute atomic E-state index is 12.8. The molecule has 0 saturated carbocycles. The molecular formula is C24H46N2O4. The Morgan fingerprint density at radius 3 is 1.90 bits per heavy atom. The van der Waals surface area contributed by atoms with E-state index in [1.807, 2.05) is 27.7 Å². The molecule has 0 spiro atoms. The number of carbonyl (C=O) groups excluding carboxylic acids is 3. The maximum Gasteiger partial charge on any atom is 0.226 e. The molecule has 0 aliphatic heterocycles. The minimum absolute atomic E-state index is 0.0306. The van der Waals surface area contributed by atoms with Gasteiger partial charge in [0.2, 0.25) is 11.8 Å². The molecule has 0 bridgehead atoms. The lowest BCUT2D eigenvalue weighted by Gasteiger charge is -2.36. The standard InChI is InChI=1S/C24H46N2O4/c1-18(27)12-15-25-19(28)11-13-24(9,10)30-16-14-22(5,6)20(29)26-23(7,8)17-21(2,3)4/h11-17H2,1-10H3,(H,25,28)(H,26,29). The summed E-state index contributed by atoms with van der Waals surface area (Å²) in [6.45, 7) is 20.8. The summed E-state index contributed by atoms with van der Waals surface area (Å²) in [7, 11) is 0. The van der Waals surface area contributed by atoms with Gasteiger partial charge >= 0.3 is 0 Å². The fourth-order valence-electron chi connectivity index (χ4n) is 3.50. The third-order valence-electron chi connectivity index (χ3n) is 5.01. The number of hydrogen-bond acceptors (Lipinski definition) is 4. The van der Waals surface area contributed by atoms with E-state index < -0.39 is 11.0 Å². The molecule has 176 valence electrons. The predicted molar refractivity (Wildman–Crippen MR) is 122 cm³/mol. The second kappa shape index (κ2) is 11.3. The van der Waals surface area contributed by atoms with Crippen molar-refractivity contribution >= 4 is 17.6 Å². The van der Waals surface area contributed by atoms with E-state index in [-0.39, 0.29) is 28.6 Å². The average molecular weight is 427 g/mol. The molecule has 30 heavy (non-hydrogen) atoms. The van der Waals surface area contributed by atoms with Crippen LogP contribution in [0, 0.1) is 10.8 Å². The second-order valence-electron chi connectivity index (χ2n) is 11.6. The van der Waals surface area contributed by atoms with Crippen molar-refractivity contribution in [2.45, 2.75) is 112 Å². The predicted octanol–water partition coefficient (Wildman–Crippen LogP) is 4.40. The SMILES string of the molecule is CC(=O)CCNC(=O)CCC(C)(C)OCCC(C)(C)C(=O)NC(C)(C)CC(C)(C)C. The van der Waals surface area contributed by atoms with Gasteiger partial charge in [-0.05, 0) is 59.3 Å². The third-order valence-corrected chi connectivity index (χ3v) is 5.01. The number of carbonyl (C=O) groups is 3. The summed E-state index contributed by atoms with van der Waals surface area (Å²) in [5, 5.41) is 5.95. The topological polar surface area (TPSA) is 84.5 Å². The van der Waals surface area contributed by atoms with Gasteiger partial charge in [0.05, 0.1) is 5.60 Å². The average Bonchev–Trinajstić information content (AvgIpc) is 2.49. The molecule has 0 rings (SSSR count). The first-order valence-corrected chi connectivity index (χ1v) is 11.1. The van der Waals surface area contributed by atoms with Crippen LogP contribution < -0.4 is 10.6 Å². The van der Waals surface area contributed by atoms with Gasteiger partial charge in [0.1, 0.15) is 5.78 Å². The van der Waals surface area contributed by atoms with Crippen LogP contribution in [0.1, 0.15) is 101 Å². The number of Topliss-reactive ketones (excluding diaryl/α,β-unsaturated/α-hetero) is 1. The van der Waals surface area contributed by atoms with E-state index in [0.29, 0.717) is 38.8 Å². The second-order valence-corrected chi connectivity index (χ2v) is 11.6. The smallest absolute Gasteiger partial charge is 0.226 e. The van der Waals surface area contributed by atoms with Crippen molar-refractivity contribution in [2.75, 3.05) is 13.2 Å². The van der Waals surface area contributed by atoms with E-state index in [1.54, 1.807) is 0 Å². The normalized spacial score (nSPS) is 13.1. The molecule has 2 N–H and O–H groups in total. The van der Waals surface area contributed by atoms with Crippen LogP contribution in [-0.2, 0) is 19.1 Å². The molecule has 0 aliphatic carbocycles. The monoisotopic (exact) mass is 426 g/mol. The Morgan fingerprint density at radius 2 is 1.40 bits per heavy atom. The summed E-state index contributed by atoms with van der Waals surface area (Å²) in [6.07, 6.45) is 2.76.